The first-order valence-corrected chi connectivity index (χ1v) is 5.00. The van der Waals surface area contributed by atoms with Gasteiger partial charge >= 0.3 is 11.9 Å². The number of halogens is 2. The highest BCUT2D eigenvalue weighted by Crippen LogP contribution is 2.30. The first-order valence-electron chi connectivity index (χ1n) is 5.00. The van der Waals surface area contributed by atoms with Crippen molar-refractivity contribution in [3.05, 3.63) is 41.0 Å². The number of methoxy groups -OCH3 is 1. The molecule has 0 aliphatic carbocycles. The molecule has 0 saturated heterocycles. The van der Waals surface area contributed by atoms with Crippen molar-refractivity contribution in [2.24, 2.45) is 0 Å². The fourth-order valence-electron chi connectivity index (χ4n) is 1.55. The van der Waals surface area contributed by atoms with Gasteiger partial charge in [0, 0.05) is 6.07 Å². The average Bonchev–Trinajstić information content (AvgIpc) is 2.65. The zero-order valence-corrected chi connectivity index (χ0v) is 9.53. The van der Waals surface area contributed by atoms with E-state index in [2.05, 4.69) is 9.47 Å². The molecule has 0 unspecified atom stereocenters. The minimum Gasteiger partial charge on any atom is -0.465 e. The molecule has 0 spiro atoms. The molecule has 7 heteroatoms. The molecule has 5 nitrogen and oxygen atoms in total. The van der Waals surface area contributed by atoms with Gasteiger partial charge in [-0.1, -0.05) is 0 Å². The fourth-order valence-corrected chi connectivity index (χ4v) is 1.55. The van der Waals surface area contributed by atoms with E-state index in [1.165, 1.54) is 0 Å². The molecule has 0 aromatic heterocycles. The van der Waals surface area contributed by atoms with Crippen molar-refractivity contribution in [3.63, 3.8) is 0 Å². The van der Waals surface area contributed by atoms with Gasteiger partial charge in [0.05, 0.1) is 12.7 Å². The predicted octanol–water partition coefficient (Wildman–Crippen LogP) is 0.975. The molecule has 0 amide bonds. The summed E-state index contributed by atoms with van der Waals surface area (Å²) < 4.78 is 35.2. The minimum absolute atomic E-state index is 0.374. The molecule has 1 aromatic rings. The van der Waals surface area contributed by atoms with Gasteiger partial charge in [0.1, 0.15) is 11.6 Å². The van der Waals surface area contributed by atoms with Gasteiger partial charge in [-0.25, -0.2) is 18.4 Å². The molecule has 1 aromatic carbocycles. The highest BCUT2D eigenvalue weighted by Gasteiger charge is 2.40. The maximum atomic E-state index is 13.6. The Morgan fingerprint density at radius 1 is 1.26 bits per heavy atom. The number of Topliss-reactive ketones (excluding diaryl/α,β-unsaturated/α-hetero) is 1. The summed E-state index contributed by atoms with van der Waals surface area (Å²) in [5.41, 5.74) is -1.08. The molecule has 0 bridgehead atoms. The molecule has 0 N–H and O–H groups in total. The van der Waals surface area contributed by atoms with Crippen molar-refractivity contribution in [2.75, 3.05) is 7.11 Å². The quantitative estimate of drug-likeness (QED) is 0.454. The van der Waals surface area contributed by atoms with E-state index < -0.39 is 40.7 Å². The van der Waals surface area contributed by atoms with E-state index >= 15 is 0 Å². The molecule has 98 valence electrons. The Kier molecular flexibility index (Phi) is 3.12. The van der Waals surface area contributed by atoms with E-state index in [1.54, 1.807) is 0 Å². The van der Waals surface area contributed by atoms with E-state index in [-0.39, 0.29) is 5.56 Å². The van der Waals surface area contributed by atoms with Gasteiger partial charge in [0.2, 0.25) is 0 Å². The molecule has 0 radical (unpaired) electrons. The van der Waals surface area contributed by atoms with Gasteiger partial charge in [-0.3, -0.25) is 4.79 Å². The van der Waals surface area contributed by atoms with Crippen LogP contribution in [0.15, 0.2) is 23.8 Å². The zero-order chi connectivity index (χ0) is 14.2. The minimum atomic E-state index is -1.32. The van der Waals surface area contributed by atoms with E-state index in [4.69, 9.17) is 0 Å². The van der Waals surface area contributed by atoms with Gasteiger partial charge in [0.25, 0.3) is 5.78 Å². The van der Waals surface area contributed by atoms with Crippen LogP contribution < -0.4 is 0 Å². The molecule has 0 atom stereocenters. The number of ketones is 1. The van der Waals surface area contributed by atoms with E-state index in [0.29, 0.717) is 6.07 Å². The normalized spacial score (nSPS) is 14.7. The molecule has 0 saturated carbocycles. The topological polar surface area (TPSA) is 69.7 Å². The standard InChI is InChI=1S/C12H6F2O5/c1-18-11(16)8-9(15)12(17)19-10(8)6-3-2-5(13)4-7(6)14/h2-4H,1H3. The van der Waals surface area contributed by atoms with Crippen molar-refractivity contribution >= 4 is 23.5 Å². The summed E-state index contributed by atoms with van der Waals surface area (Å²) in [5.74, 6) is -6.17. The van der Waals surface area contributed by atoms with Crippen molar-refractivity contribution in [3.8, 4) is 0 Å². The van der Waals surface area contributed by atoms with Gasteiger partial charge in [-0.05, 0) is 12.1 Å². The number of hydrogen-bond acceptors (Lipinski definition) is 5. The average molecular weight is 268 g/mol. The molecule has 1 heterocycles. The second-order valence-electron chi connectivity index (χ2n) is 3.54. The van der Waals surface area contributed by atoms with E-state index in [1.807, 2.05) is 0 Å². The maximum Gasteiger partial charge on any atom is 0.385 e. The predicted molar refractivity (Wildman–Crippen MR) is 56.4 cm³/mol. The van der Waals surface area contributed by atoms with Crippen molar-refractivity contribution in [1.82, 2.24) is 0 Å². The van der Waals surface area contributed by atoms with Crippen LogP contribution in [0.25, 0.3) is 5.76 Å². The Morgan fingerprint density at radius 3 is 2.53 bits per heavy atom. The molecule has 1 aliphatic rings. The number of carbonyl (C=O) groups excluding carboxylic acids is 3. The van der Waals surface area contributed by atoms with Crippen molar-refractivity contribution < 1.29 is 32.6 Å². The molecule has 0 fully saturated rings. The lowest BCUT2D eigenvalue weighted by molar-refractivity contribution is -0.146. The number of cyclic esters (lactones) is 1. The second-order valence-corrected chi connectivity index (χ2v) is 3.54. The Hall–Kier alpha value is -2.57. The monoisotopic (exact) mass is 268 g/mol. The zero-order valence-electron chi connectivity index (χ0n) is 9.53. The Balaban J connectivity index is 2.62. The van der Waals surface area contributed by atoms with Crippen LogP contribution in [0.1, 0.15) is 5.56 Å². The largest absolute Gasteiger partial charge is 0.465 e. The number of ether oxygens (including phenoxy) is 2. The van der Waals surface area contributed by atoms with Crippen LogP contribution in [-0.4, -0.2) is 24.8 Å². The Bertz CT molecular complexity index is 633. The summed E-state index contributed by atoms with van der Waals surface area (Å²) in [6.45, 7) is 0. The first-order chi connectivity index (χ1) is 8.95. The summed E-state index contributed by atoms with van der Waals surface area (Å²) in [6.07, 6.45) is 0. The van der Waals surface area contributed by atoms with Gasteiger partial charge < -0.3 is 9.47 Å². The number of hydrogen-bond donors (Lipinski definition) is 0. The summed E-state index contributed by atoms with van der Waals surface area (Å²) in [7, 11) is 0.990. The van der Waals surface area contributed by atoms with Crippen LogP contribution in [0.5, 0.6) is 0 Å². The Labute approximate surface area is 105 Å². The second kappa shape index (κ2) is 4.60. The third-order valence-corrected chi connectivity index (χ3v) is 2.40. The van der Waals surface area contributed by atoms with Crippen LogP contribution in [0, 0.1) is 11.6 Å². The van der Waals surface area contributed by atoms with Crippen LogP contribution >= 0.6 is 0 Å². The van der Waals surface area contributed by atoms with Crippen LogP contribution in [0.2, 0.25) is 0 Å². The van der Waals surface area contributed by atoms with Crippen LogP contribution in [0.3, 0.4) is 0 Å². The molecular formula is C12H6F2O5. The molecular weight excluding hydrogens is 262 g/mol. The third kappa shape index (κ3) is 2.10. The van der Waals surface area contributed by atoms with Gasteiger partial charge in [0.15, 0.2) is 11.3 Å². The lowest BCUT2D eigenvalue weighted by Gasteiger charge is -2.04. The van der Waals surface area contributed by atoms with E-state index in [9.17, 15) is 23.2 Å². The third-order valence-electron chi connectivity index (χ3n) is 2.40. The lowest BCUT2D eigenvalue weighted by atomic mass is 10.1. The van der Waals surface area contributed by atoms with Crippen molar-refractivity contribution in [1.29, 1.82) is 0 Å². The summed E-state index contributed by atoms with van der Waals surface area (Å²) >= 11 is 0. The highest BCUT2D eigenvalue weighted by atomic mass is 19.1. The highest BCUT2D eigenvalue weighted by molar-refractivity contribution is 6.51. The summed E-state index contributed by atoms with van der Waals surface area (Å²) in [6, 6.07) is 2.39. The smallest absolute Gasteiger partial charge is 0.385 e. The summed E-state index contributed by atoms with van der Waals surface area (Å²) in [5, 5.41) is 0. The molecule has 1 aliphatic heterocycles. The first kappa shape index (κ1) is 12.9. The SMILES string of the molecule is COC(=O)C1=C(c2ccc(F)cc2F)OC(=O)C1=O. The number of carbonyl (C=O) groups is 3. The van der Waals surface area contributed by atoms with Crippen molar-refractivity contribution in [2.45, 2.75) is 0 Å². The van der Waals surface area contributed by atoms with E-state index in [0.717, 1.165) is 19.2 Å². The Morgan fingerprint density at radius 2 is 1.95 bits per heavy atom. The molecule has 19 heavy (non-hydrogen) atoms. The van der Waals surface area contributed by atoms with Gasteiger partial charge in [-0.2, -0.15) is 0 Å². The van der Waals surface area contributed by atoms with Crippen LogP contribution in [0.4, 0.5) is 8.78 Å². The fraction of sp³-hybridized carbons (Fsp3) is 0.0833. The van der Waals surface area contributed by atoms with Crippen LogP contribution in [-0.2, 0) is 23.9 Å². The molecule has 2 rings (SSSR count). The summed E-state index contributed by atoms with van der Waals surface area (Å²) in [4.78, 5) is 34.0. The number of rotatable bonds is 2. The maximum absolute atomic E-state index is 13.6. The number of esters is 2. The number of benzene rings is 1. The lowest BCUT2D eigenvalue weighted by Crippen LogP contribution is -2.16. The van der Waals surface area contributed by atoms with Gasteiger partial charge in [-0.15, -0.1) is 0 Å².